The van der Waals surface area contributed by atoms with Gasteiger partial charge in [0.25, 0.3) is 0 Å². The minimum atomic E-state index is -0.689. The number of hydrogen-bond acceptors (Lipinski definition) is 4. The van der Waals surface area contributed by atoms with Gasteiger partial charge in [0.1, 0.15) is 17.3 Å². The van der Waals surface area contributed by atoms with E-state index in [9.17, 15) is 13.6 Å². The summed E-state index contributed by atoms with van der Waals surface area (Å²) >= 11 is 5.77. The van der Waals surface area contributed by atoms with Crippen molar-refractivity contribution >= 4 is 23.2 Å². The van der Waals surface area contributed by atoms with Gasteiger partial charge < -0.3 is 14.2 Å². The molecule has 1 atom stereocenters. The van der Waals surface area contributed by atoms with Gasteiger partial charge in [-0.05, 0) is 29.8 Å². The van der Waals surface area contributed by atoms with Crippen molar-refractivity contribution in [1.82, 2.24) is 4.90 Å². The Labute approximate surface area is 160 Å². The normalized spacial score (nSPS) is 16.4. The van der Waals surface area contributed by atoms with Crippen molar-refractivity contribution in [3.8, 4) is 0 Å². The second-order valence-corrected chi connectivity index (χ2v) is 7.05. The molecule has 1 aliphatic rings. The third kappa shape index (κ3) is 4.66. The fraction of sp³-hybridized carbons (Fsp3) is 0.368. The maximum absolute atomic E-state index is 14.0. The molecule has 144 valence electrons. The van der Waals surface area contributed by atoms with Crippen LogP contribution < -0.4 is 0 Å². The third-order valence-electron chi connectivity index (χ3n) is 4.20. The van der Waals surface area contributed by atoms with Gasteiger partial charge in [-0.25, -0.2) is 8.78 Å². The second kappa shape index (κ2) is 8.08. The summed E-state index contributed by atoms with van der Waals surface area (Å²) in [4.78, 5) is 19.5. The Kier molecular flexibility index (Phi) is 5.79. The zero-order chi connectivity index (χ0) is 19.6. The Bertz CT molecular complexity index is 866. The summed E-state index contributed by atoms with van der Waals surface area (Å²) in [6, 6.07) is 6.62. The fourth-order valence-electron chi connectivity index (χ4n) is 2.84. The first-order valence-corrected chi connectivity index (χ1v) is 8.92. The molecule has 0 unspecified atom stereocenters. The molecule has 1 aromatic heterocycles. The molecule has 1 aliphatic heterocycles. The molecule has 0 saturated heterocycles. The van der Waals surface area contributed by atoms with Crippen molar-refractivity contribution in [2.24, 2.45) is 11.1 Å². The average molecular weight is 397 g/mol. The molecule has 2 heterocycles. The van der Waals surface area contributed by atoms with Crippen LogP contribution in [0.3, 0.4) is 0 Å². The number of hydrogen-bond donors (Lipinski definition) is 0. The Morgan fingerprint density at radius 1 is 1.33 bits per heavy atom. The highest BCUT2D eigenvalue weighted by Gasteiger charge is 2.29. The minimum absolute atomic E-state index is 0.0188. The van der Waals surface area contributed by atoms with Gasteiger partial charge in [0.2, 0.25) is 5.91 Å². The first kappa shape index (κ1) is 19.4. The molecule has 0 fully saturated rings. The first-order chi connectivity index (χ1) is 12.8. The van der Waals surface area contributed by atoms with Crippen molar-refractivity contribution in [3.05, 3.63) is 58.5 Å². The molecule has 1 amide bonds. The zero-order valence-electron chi connectivity index (χ0n) is 14.9. The smallest absolute Gasteiger partial charge is 0.225 e. The monoisotopic (exact) mass is 396 g/mol. The van der Waals surface area contributed by atoms with Gasteiger partial charge in [0, 0.05) is 30.5 Å². The molecule has 8 heteroatoms. The molecule has 5 nitrogen and oxygen atoms in total. The van der Waals surface area contributed by atoms with Crippen molar-refractivity contribution in [1.29, 1.82) is 0 Å². The molecule has 0 spiro atoms. The summed E-state index contributed by atoms with van der Waals surface area (Å²) in [7, 11) is 0. The summed E-state index contributed by atoms with van der Waals surface area (Å²) in [5.74, 6) is -1.27. The lowest BCUT2D eigenvalue weighted by molar-refractivity contribution is -0.137. The highest BCUT2D eigenvalue weighted by atomic mass is 35.5. The second-order valence-electron chi connectivity index (χ2n) is 6.68. The summed E-state index contributed by atoms with van der Waals surface area (Å²) in [5, 5.41) is 4.25. The van der Waals surface area contributed by atoms with E-state index in [2.05, 4.69) is 5.16 Å². The highest BCUT2D eigenvalue weighted by Crippen LogP contribution is 2.23. The van der Waals surface area contributed by atoms with Gasteiger partial charge in [-0.1, -0.05) is 25.1 Å². The molecular weight excluding hydrogens is 378 g/mol. The molecule has 0 bridgehead atoms. The lowest BCUT2D eigenvalue weighted by Gasteiger charge is -2.26. The molecule has 3 rings (SSSR count). The van der Waals surface area contributed by atoms with E-state index in [1.54, 1.807) is 26.0 Å². The van der Waals surface area contributed by atoms with Gasteiger partial charge in [0.15, 0.2) is 17.1 Å². The number of benzene rings is 1. The van der Waals surface area contributed by atoms with E-state index in [0.717, 1.165) is 6.07 Å². The largest absolute Gasteiger partial charge is 0.443 e. The topological polar surface area (TPSA) is 55.0 Å². The van der Waals surface area contributed by atoms with Crippen molar-refractivity contribution in [3.63, 3.8) is 0 Å². The van der Waals surface area contributed by atoms with Crippen LogP contribution in [0, 0.1) is 17.6 Å². The van der Waals surface area contributed by atoms with Crippen LogP contribution in [-0.4, -0.2) is 29.2 Å². The average Bonchev–Trinajstić information content (AvgIpc) is 3.24. The molecule has 27 heavy (non-hydrogen) atoms. The van der Waals surface area contributed by atoms with Crippen LogP contribution in [0.4, 0.5) is 8.78 Å². The van der Waals surface area contributed by atoms with E-state index < -0.39 is 17.7 Å². The summed E-state index contributed by atoms with van der Waals surface area (Å²) in [5.41, 5.74) is 0.833. The van der Waals surface area contributed by atoms with E-state index in [4.69, 9.17) is 20.9 Å². The first-order valence-electron chi connectivity index (χ1n) is 8.54. The Morgan fingerprint density at radius 2 is 2.11 bits per heavy atom. The van der Waals surface area contributed by atoms with E-state index in [0.29, 0.717) is 17.9 Å². The van der Waals surface area contributed by atoms with Crippen LogP contribution in [0.25, 0.3) is 0 Å². The summed E-state index contributed by atoms with van der Waals surface area (Å²) < 4.78 is 32.5. The lowest BCUT2D eigenvalue weighted by atomic mass is 10.1. The third-order valence-corrected chi connectivity index (χ3v) is 4.40. The van der Waals surface area contributed by atoms with Crippen LogP contribution in [0.2, 0.25) is 5.22 Å². The molecule has 0 radical (unpaired) electrons. The number of halogens is 3. The SMILES string of the molecule is CC(C)C(=O)N(Cc1ccc(F)cc1F)C[C@@H]1CC(c2ccc(Cl)o2)=NO1. The summed E-state index contributed by atoms with van der Waals surface area (Å²) in [6.45, 7) is 3.76. The number of rotatable bonds is 6. The van der Waals surface area contributed by atoms with Crippen LogP contribution in [-0.2, 0) is 16.2 Å². The molecule has 0 aliphatic carbocycles. The zero-order valence-corrected chi connectivity index (χ0v) is 15.7. The number of nitrogens with zero attached hydrogens (tertiary/aromatic N) is 2. The van der Waals surface area contributed by atoms with E-state index in [1.165, 1.54) is 17.0 Å². The quantitative estimate of drug-likeness (QED) is 0.727. The van der Waals surface area contributed by atoms with Gasteiger partial charge in [-0.3, -0.25) is 4.79 Å². The lowest BCUT2D eigenvalue weighted by Crippen LogP contribution is -2.39. The molecule has 0 N–H and O–H groups in total. The minimum Gasteiger partial charge on any atom is -0.443 e. The van der Waals surface area contributed by atoms with E-state index in [1.807, 2.05) is 0 Å². The Morgan fingerprint density at radius 3 is 2.74 bits per heavy atom. The maximum atomic E-state index is 14.0. The predicted octanol–water partition coefficient (Wildman–Crippen LogP) is 4.39. The molecular formula is C19H19ClF2N2O3. The number of carbonyl (C=O) groups is 1. The maximum Gasteiger partial charge on any atom is 0.225 e. The fourth-order valence-corrected chi connectivity index (χ4v) is 2.99. The van der Waals surface area contributed by atoms with Crippen LogP contribution in [0.5, 0.6) is 0 Å². The van der Waals surface area contributed by atoms with E-state index in [-0.39, 0.29) is 35.7 Å². The van der Waals surface area contributed by atoms with Crippen LogP contribution in [0.1, 0.15) is 31.6 Å². The van der Waals surface area contributed by atoms with Gasteiger partial charge in [0.05, 0.1) is 6.54 Å². The number of carbonyl (C=O) groups excluding carboxylic acids is 1. The molecule has 0 saturated carbocycles. The standard InChI is InChI=1S/C19H19ClF2N2O3/c1-11(2)19(25)24(9-12-3-4-13(21)7-15(12)22)10-14-8-16(23-27-14)17-5-6-18(20)26-17/h3-7,11,14H,8-10H2,1-2H3/t14-/m0/s1. The van der Waals surface area contributed by atoms with Crippen molar-refractivity contribution in [2.45, 2.75) is 32.9 Å². The number of furan rings is 1. The van der Waals surface area contributed by atoms with Gasteiger partial charge in [-0.15, -0.1) is 0 Å². The Balaban J connectivity index is 1.70. The van der Waals surface area contributed by atoms with Crippen LogP contribution in [0.15, 0.2) is 39.9 Å². The molecule has 1 aromatic carbocycles. The molecule has 2 aromatic rings. The number of amides is 1. The van der Waals surface area contributed by atoms with Gasteiger partial charge >= 0.3 is 0 Å². The van der Waals surface area contributed by atoms with Crippen molar-refractivity contribution < 1.29 is 22.8 Å². The van der Waals surface area contributed by atoms with Crippen LogP contribution >= 0.6 is 11.6 Å². The van der Waals surface area contributed by atoms with E-state index >= 15 is 0 Å². The van der Waals surface area contributed by atoms with Crippen molar-refractivity contribution in [2.75, 3.05) is 6.54 Å². The highest BCUT2D eigenvalue weighted by molar-refractivity contribution is 6.29. The Hall–Kier alpha value is -2.41. The predicted molar refractivity (Wildman–Crippen MR) is 96.4 cm³/mol. The number of oxime groups is 1. The summed E-state index contributed by atoms with van der Waals surface area (Å²) in [6.07, 6.45) is 0.0348. The van der Waals surface area contributed by atoms with Gasteiger partial charge in [-0.2, -0.15) is 0 Å².